The van der Waals surface area contributed by atoms with Crippen LogP contribution < -0.4 is 16.2 Å². The van der Waals surface area contributed by atoms with Gasteiger partial charge in [0.2, 0.25) is 0 Å². The summed E-state index contributed by atoms with van der Waals surface area (Å²) in [4.78, 5) is 14.8. The van der Waals surface area contributed by atoms with E-state index in [0.29, 0.717) is 11.1 Å². The average Bonchev–Trinajstić information content (AvgIpc) is 3.21. The van der Waals surface area contributed by atoms with Gasteiger partial charge in [0.1, 0.15) is 5.82 Å². The lowest BCUT2D eigenvalue weighted by Gasteiger charge is -2.35. The summed E-state index contributed by atoms with van der Waals surface area (Å²) in [6, 6.07) is 12.9. The third kappa shape index (κ3) is 4.78. The Morgan fingerprint density at radius 1 is 1.14 bits per heavy atom. The Morgan fingerprint density at radius 2 is 1.86 bits per heavy atom. The highest BCUT2D eigenvalue weighted by Crippen LogP contribution is 2.26. The number of nitrogens with one attached hydrogen (secondary N) is 3. The fourth-order valence-electron chi connectivity index (χ4n) is 4.05. The molecule has 0 radical (unpaired) electrons. The molecule has 2 saturated heterocycles. The number of hydrazine groups is 1. The summed E-state index contributed by atoms with van der Waals surface area (Å²) in [7, 11) is 0. The van der Waals surface area contributed by atoms with Gasteiger partial charge in [0.05, 0.1) is 6.17 Å². The highest BCUT2D eigenvalue weighted by molar-refractivity contribution is 6.30. The zero-order valence-corrected chi connectivity index (χ0v) is 17.2. The molecule has 2 heterocycles. The molecule has 0 spiro atoms. The molecule has 29 heavy (non-hydrogen) atoms. The van der Waals surface area contributed by atoms with Gasteiger partial charge in [0.25, 0.3) is 5.91 Å². The predicted molar refractivity (Wildman–Crippen MR) is 112 cm³/mol. The SMILES string of the molecule is Cc1ccc(C(=O)NC2CCN(C3CC(c4ccc(Cl)cc4)NN3)CC2)cc1F. The second-order valence-electron chi connectivity index (χ2n) is 7.89. The molecule has 0 saturated carbocycles. The summed E-state index contributed by atoms with van der Waals surface area (Å²) < 4.78 is 13.7. The Kier molecular flexibility index (Phi) is 6.15. The minimum Gasteiger partial charge on any atom is -0.349 e. The molecule has 154 valence electrons. The van der Waals surface area contributed by atoms with Gasteiger partial charge in [-0.2, -0.15) is 0 Å². The van der Waals surface area contributed by atoms with Crippen molar-refractivity contribution in [2.75, 3.05) is 13.1 Å². The van der Waals surface area contributed by atoms with E-state index >= 15 is 0 Å². The van der Waals surface area contributed by atoms with Gasteiger partial charge in [0, 0.05) is 35.8 Å². The summed E-state index contributed by atoms with van der Waals surface area (Å²) >= 11 is 5.98. The summed E-state index contributed by atoms with van der Waals surface area (Å²) in [6.45, 7) is 3.50. The third-order valence-electron chi connectivity index (χ3n) is 5.90. The zero-order chi connectivity index (χ0) is 20.4. The van der Waals surface area contributed by atoms with Crippen LogP contribution in [0.3, 0.4) is 0 Å². The van der Waals surface area contributed by atoms with Crippen molar-refractivity contribution in [1.29, 1.82) is 0 Å². The minimum absolute atomic E-state index is 0.115. The molecule has 2 aliphatic heterocycles. The van der Waals surface area contributed by atoms with Gasteiger partial charge in [-0.25, -0.2) is 15.2 Å². The molecule has 2 atom stereocenters. The molecule has 1 amide bonds. The van der Waals surface area contributed by atoms with E-state index in [2.05, 4.69) is 33.2 Å². The number of hydrogen-bond acceptors (Lipinski definition) is 4. The van der Waals surface area contributed by atoms with E-state index in [4.69, 9.17) is 11.6 Å². The molecule has 2 aromatic carbocycles. The Labute approximate surface area is 175 Å². The van der Waals surface area contributed by atoms with Gasteiger partial charge in [-0.15, -0.1) is 0 Å². The van der Waals surface area contributed by atoms with Crippen molar-refractivity contribution in [2.45, 2.75) is 44.4 Å². The average molecular weight is 417 g/mol. The number of amides is 1. The van der Waals surface area contributed by atoms with Gasteiger partial charge >= 0.3 is 0 Å². The van der Waals surface area contributed by atoms with Gasteiger partial charge in [-0.05, 0) is 61.6 Å². The number of carbonyl (C=O) groups excluding carboxylic acids is 1. The Balaban J connectivity index is 1.27. The van der Waals surface area contributed by atoms with E-state index in [1.165, 1.54) is 11.6 Å². The first-order valence-corrected chi connectivity index (χ1v) is 10.4. The van der Waals surface area contributed by atoms with Crippen LogP contribution in [-0.4, -0.2) is 36.1 Å². The number of hydrogen-bond donors (Lipinski definition) is 3. The molecule has 5 nitrogen and oxygen atoms in total. The molecule has 2 fully saturated rings. The first kappa shape index (κ1) is 20.3. The number of piperidine rings is 1. The Morgan fingerprint density at radius 3 is 2.55 bits per heavy atom. The van der Waals surface area contributed by atoms with Gasteiger partial charge in [-0.3, -0.25) is 9.69 Å². The first-order chi connectivity index (χ1) is 14.0. The van der Waals surface area contributed by atoms with Gasteiger partial charge < -0.3 is 5.32 Å². The summed E-state index contributed by atoms with van der Waals surface area (Å²) in [5.41, 5.74) is 8.91. The van der Waals surface area contributed by atoms with Crippen LogP contribution in [0.4, 0.5) is 4.39 Å². The fourth-order valence-corrected chi connectivity index (χ4v) is 4.18. The number of benzene rings is 2. The van der Waals surface area contributed by atoms with Gasteiger partial charge in [0.15, 0.2) is 0 Å². The van der Waals surface area contributed by atoms with E-state index in [0.717, 1.165) is 37.4 Å². The van der Waals surface area contributed by atoms with Crippen molar-refractivity contribution in [3.8, 4) is 0 Å². The normalized spacial score (nSPS) is 23.3. The van der Waals surface area contributed by atoms with Crippen LogP contribution in [0.25, 0.3) is 0 Å². The molecule has 0 aliphatic carbocycles. The molecule has 2 aliphatic rings. The van der Waals surface area contributed by atoms with Crippen LogP contribution in [0.5, 0.6) is 0 Å². The van der Waals surface area contributed by atoms with Crippen LogP contribution in [0, 0.1) is 12.7 Å². The van der Waals surface area contributed by atoms with Crippen molar-refractivity contribution < 1.29 is 9.18 Å². The van der Waals surface area contributed by atoms with E-state index < -0.39 is 0 Å². The highest BCUT2D eigenvalue weighted by atomic mass is 35.5. The van der Waals surface area contributed by atoms with E-state index in [1.54, 1.807) is 19.1 Å². The zero-order valence-electron chi connectivity index (χ0n) is 16.4. The standard InChI is InChI=1S/C22H26ClFN4O/c1-14-2-3-16(12-19(14)24)22(29)25-18-8-10-28(11-9-18)21-13-20(26-27-21)15-4-6-17(23)7-5-15/h2-7,12,18,20-21,26-27H,8-11,13H2,1H3,(H,25,29). The van der Waals surface area contributed by atoms with Crippen molar-refractivity contribution >= 4 is 17.5 Å². The lowest BCUT2D eigenvalue weighted by atomic mass is 10.0. The van der Waals surface area contributed by atoms with Gasteiger partial charge in [-0.1, -0.05) is 29.8 Å². The topological polar surface area (TPSA) is 56.4 Å². The fraction of sp³-hybridized carbons (Fsp3) is 0.409. The van der Waals surface area contributed by atoms with Crippen LogP contribution in [-0.2, 0) is 0 Å². The predicted octanol–water partition coefficient (Wildman–Crippen LogP) is 3.55. The highest BCUT2D eigenvalue weighted by Gasteiger charge is 2.32. The smallest absolute Gasteiger partial charge is 0.251 e. The molecule has 7 heteroatoms. The van der Waals surface area contributed by atoms with Crippen LogP contribution in [0.2, 0.25) is 5.02 Å². The van der Waals surface area contributed by atoms with E-state index in [-0.39, 0.29) is 30.0 Å². The van der Waals surface area contributed by atoms with Crippen molar-refractivity contribution in [3.05, 3.63) is 70.0 Å². The van der Waals surface area contributed by atoms with Crippen LogP contribution in [0.15, 0.2) is 42.5 Å². The quantitative estimate of drug-likeness (QED) is 0.713. The van der Waals surface area contributed by atoms with E-state index in [9.17, 15) is 9.18 Å². The molecule has 0 bridgehead atoms. The van der Waals surface area contributed by atoms with Crippen LogP contribution >= 0.6 is 11.6 Å². The maximum atomic E-state index is 13.7. The van der Waals surface area contributed by atoms with Crippen molar-refractivity contribution in [3.63, 3.8) is 0 Å². The Hall–Kier alpha value is -1.99. The largest absolute Gasteiger partial charge is 0.349 e. The maximum absolute atomic E-state index is 13.7. The van der Waals surface area contributed by atoms with Crippen LogP contribution in [0.1, 0.15) is 46.8 Å². The lowest BCUT2D eigenvalue weighted by Crippen LogP contribution is -2.51. The van der Waals surface area contributed by atoms with E-state index in [1.807, 2.05) is 12.1 Å². The third-order valence-corrected chi connectivity index (χ3v) is 6.15. The number of rotatable bonds is 4. The first-order valence-electron chi connectivity index (χ1n) is 10.1. The molecule has 2 unspecified atom stereocenters. The summed E-state index contributed by atoms with van der Waals surface area (Å²) in [5.74, 6) is -0.548. The molecule has 3 N–H and O–H groups in total. The molecule has 4 rings (SSSR count). The molecular formula is C22H26ClFN4O. The maximum Gasteiger partial charge on any atom is 0.251 e. The Bertz CT molecular complexity index is 868. The summed E-state index contributed by atoms with van der Waals surface area (Å²) in [6.07, 6.45) is 2.99. The lowest BCUT2D eigenvalue weighted by molar-refractivity contribution is 0.0879. The second-order valence-corrected chi connectivity index (χ2v) is 8.33. The molecular weight excluding hydrogens is 391 g/mol. The van der Waals surface area contributed by atoms with Crippen molar-refractivity contribution in [1.82, 2.24) is 21.1 Å². The minimum atomic E-state index is -0.345. The number of halogens is 2. The van der Waals surface area contributed by atoms with Crippen molar-refractivity contribution in [2.24, 2.45) is 0 Å². The number of nitrogens with zero attached hydrogens (tertiary/aromatic N) is 1. The number of likely N-dealkylation sites (tertiary alicyclic amines) is 1. The molecule has 0 aromatic heterocycles. The summed E-state index contributed by atoms with van der Waals surface area (Å²) in [5, 5.41) is 3.80. The molecule has 2 aromatic rings. The number of carbonyl (C=O) groups is 1. The monoisotopic (exact) mass is 416 g/mol. The second kappa shape index (κ2) is 8.79. The number of aryl methyl sites for hydroxylation is 1.